The number of ether oxygens (including phenoxy) is 2. The monoisotopic (exact) mass is 215 g/mol. The lowest BCUT2D eigenvalue weighted by Crippen LogP contribution is -2.03. The van der Waals surface area contributed by atoms with Gasteiger partial charge in [0.25, 0.3) is 0 Å². The van der Waals surface area contributed by atoms with Crippen LogP contribution in [0.25, 0.3) is 0 Å². The fourth-order valence-corrected chi connectivity index (χ4v) is 1.00. The summed E-state index contributed by atoms with van der Waals surface area (Å²) in [5.74, 6) is 1.10. The van der Waals surface area contributed by atoms with Crippen LogP contribution in [0.3, 0.4) is 0 Å². The minimum Gasteiger partial charge on any atom is -0.497 e. The van der Waals surface area contributed by atoms with Crippen LogP contribution in [0, 0.1) is 5.41 Å². The van der Waals surface area contributed by atoms with Crippen molar-refractivity contribution in [3.63, 3.8) is 0 Å². The fraction of sp³-hybridized carbons (Fsp3) is 0.300. The number of hydrogen-bond donors (Lipinski definition) is 1. The Morgan fingerprint density at radius 3 is 2.21 bits per heavy atom. The predicted molar refractivity (Wildman–Crippen MR) is 58.7 cm³/mol. The summed E-state index contributed by atoms with van der Waals surface area (Å²) in [4.78, 5) is 0. The summed E-state index contributed by atoms with van der Waals surface area (Å²) in [6, 6.07) is 7.59. The highest BCUT2D eigenvalue weighted by atomic mass is 35.5. The molecule has 0 heterocycles. The zero-order valence-electron chi connectivity index (χ0n) is 8.24. The third-order valence-electron chi connectivity index (χ3n) is 1.77. The molecular weight excluding hydrogens is 202 g/mol. The number of benzene rings is 1. The lowest BCUT2D eigenvalue weighted by Gasteiger charge is -2.03. The van der Waals surface area contributed by atoms with Crippen LogP contribution in [-0.2, 0) is 11.2 Å². The molecule has 0 unspecified atom stereocenters. The highest BCUT2D eigenvalue weighted by molar-refractivity contribution is 5.85. The summed E-state index contributed by atoms with van der Waals surface area (Å²) < 4.78 is 9.78. The first kappa shape index (κ1) is 12.8. The quantitative estimate of drug-likeness (QED) is 0.621. The number of methoxy groups -OCH3 is 2. The zero-order chi connectivity index (χ0) is 9.68. The van der Waals surface area contributed by atoms with E-state index in [-0.39, 0.29) is 18.3 Å². The first-order chi connectivity index (χ1) is 6.26. The second kappa shape index (κ2) is 6.27. The lowest BCUT2D eigenvalue weighted by molar-refractivity contribution is 0.390. The molecule has 1 rings (SSSR count). The topological polar surface area (TPSA) is 42.3 Å². The van der Waals surface area contributed by atoms with E-state index >= 15 is 0 Å². The third kappa shape index (κ3) is 3.66. The Hall–Kier alpha value is -1.22. The maximum absolute atomic E-state index is 7.32. The van der Waals surface area contributed by atoms with Gasteiger partial charge in [0.05, 0.1) is 14.2 Å². The van der Waals surface area contributed by atoms with Crippen molar-refractivity contribution in [2.24, 2.45) is 0 Å². The van der Waals surface area contributed by atoms with E-state index in [1.54, 1.807) is 7.11 Å². The zero-order valence-corrected chi connectivity index (χ0v) is 9.06. The van der Waals surface area contributed by atoms with Crippen LogP contribution in [0.4, 0.5) is 0 Å². The van der Waals surface area contributed by atoms with Crippen LogP contribution in [0.5, 0.6) is 5.75 Å². The van der Waals surface area contributed by atoms with Crippen molar-refractivity contribution >= 4 is 18.3 Å². The Balaban J connectivity index is 0.00000169. The largest absolute Gasteiger partial charge is 0.497 e. The Morgan fingerprint density at radius 1 is 1.21 bits per heavy atom. The van der Waals surface area contributed by atoms with Gasteiger partial charge >= 0.3 is 0 Å². The summed E-state index contributed by atoms with van der Waals surface area (Å²) in [7, 11) is 3.14. The van der Waals surface area contributed by atoms with Crippen molar-refractivity contribution in [1.82, 2.24) is 0 Å². The van der Waals surface area contributed by atoms with Gasteiger partial charge in [-0.1, -0.05) is 12.1 Å². The summed E-state index contributed by atoms with van der Waals surface area (Å²) in [5.41, 5.74) is 1.05. The molecule has 0 aliphatic heterocycles. The molecule has 3 nitrogen and oxygen atoms in total. The van der Waals surface area contributed by atoms with Gasteiger partial charge in [0.1, 0.15) is 5.75 Å². The molecule has 1 aromatic carbocycles. The smallest absolute Gasteiger partial charge is 0.184 e. The van der Waals surface area contributed by atoms with Gasteiger partial charge in [-0.3, -0.25) is 5.41 Å². The Morgan fingerprint density at radius 2 is 1.79 bits per heavy atom. The number of hydrogen-bond acceptors (Lipinski definition) is 3. The molecule has 14 heavy (non-hydrogen) atoms. The first-order valence-electron chi connectivity index (χ1n) is 4.00. The molecule has 0 radical (unpaired) electrons. The Labute approximate surface area is 90.0 Å². The molecule has 0 amide bonds. The minimum atomic E-state index is 0. The average Bonchev–Trinajstić information content (AvgIpc) is 2.19. The van der Waals surface area contributed by atoms with E-state index in [4.69, 9.17) is 14.9 Å². The Bertz CT molecular complexity index is 285. The second-order valence-electron chi connectivity index (χ2n) is 2.65. The van der Waals surface area contributed by atoms with Crippen molar-refractivity contribution in [3.8, 4) is 5.75 Å². The molecule has 0 bridgehead atoms. The van der Waals surface area contributed by atoms with Crippen LogP contribution < -0.4 is 4.74 Å². The van der Waals surface area contributed by atoms with Crippen LogP contribution in [0.1, 0.15) is 5.56 Å². The Kier molecular flexibility index (Phi) is 5.72. The molecule has 0 aliphatic rings. The van der Waals surface area contributed by atoms with Gasteiger partial charge in [-0.05, 0) is 17.7 Å². The third-order valence-corrected chi connectivity index (χ3v) is 1.77. The highest BCUT2D eigenvalue weighted by Crippen LogP contribution is 2.11. The van der Waals surface area contributed by atoms with Crippen LogP contribution in [0.2, 0.25) is 0 Å². The van der Waals surface area contributed by atoms with Crippen LogP contribution in [-0.4, -0.2) is 20.1 Å². The van der Waals surface area contributed by atoms with Crippen molar-refractivity contribution in [1.29, 1.82) is 5.41 Å². The average molecular weight is 216 g/mol. The fourth-order valence-electron chi connectivity index (χ4n) is 1.00. The van der Waals surface area contributed by atoms with Gasteiger partial charge in [-0.15, -0.1) is 12.4 Å². The molecule has 0 spiro atoms. The normalized spacial score (nSPS) is 8.71. The molecule has 4 heteroatoms. The van der Waals surface area contributed by atoms with E-state index in [1.807, 2.05) is 24.3 Å². The van der Waals surface area contributed by atoms with Crippen LogP contribution >= 0.6 is 12.4 Å². The van der Waals surface area contributed by atoms with E-state index in [9.17, 15) is 0 Å². The highest BCUT2D eigenvalue weighted by Gasteiger charge is 1.98. The molecule has 0 saturated heterocycles. The number of rotatable bonds is 3. The second-order valence-corrected chi connectivity index (χ2v) is 2.65. The van der Waals surface area contributed by atoms with E-state index in [0.717, 1.165) is 11.3 Å². The van der Waals surface area contributed by atoms with E-state index < -0.39 is 0 Å². The molecule has 0 aromatic heterocycles. The van der Waals surface area contributed by atoms with Crippen LogP contribution in [0.15, 0.2) is 24.3 Å². The van der Waals surface area contributed by atoms with Gasteiger partial charge in [0, 0.05) is 6.42 Å². The predicted octanol–water partition coefficient (Wildman–Crippen LogP) is 2.28. The lowest BCUT2D eigenvalue weighted by atomic mass is 10.1. The van der Waals surface area contributed by atoms with Gasteiger partial charge in [-0.25, -0.2) is 0 Å². The maximum atomic E-state index is 7.32. The van der Waals surface area contributed by atoms with Crippen molar-refractivity contribution < 1.29 is 9.47 Å². The number of nitrogens with one attached hydrogen (secondary N) is 1. The van der Waals surface area contributed by atoms with Crippen molar-refractivity contribution in [2.75, 3.05) is 14.2 Å². The molecule has 1 N–H and O–H groups in total. The van der Waals surface area contributed by atoms with Crippen molar-refractivity contribution in [3.05, 3.63) is 29.8 Å². The molecule has 0 fully saturated rings. The summed E-state index contributed by atoms with van der Waals surface area (Å²) in [5, 5.41) is 7.32. The van der Waals surface area contributed by atoms with E-state index in [2.05, 4.69) is 0 Å². The van der Waals surface area contributed by atoms with Gasteiger partial charge in [-0.2, -0.15) is 0 Å². The number of halogens is 1. The summed E-state index contributed by atoms with van der Waals surface area (Å²) in [6.07, 6.45) is 0.528. The molecule has 1 aromatic rings. The maximum Gasteiger partial charge on any atom is 0.184 e. The molecular formula is C10H14ClNO2. The van der Waals surface area contributed by atoms with Crippen molar-refractivity contribution in [2.45, 2.75) is 6.42 Å². The molecule has 0 atom stereocenters. The molecule has 78 valence electrons. The minimum absolute atomic E-state index is 0. The molecule has 0 saturated carbocycles. The van der Waals surface area contributed by atoms with E-state index in [0.29, 0.717) is 6.42 Å². The summed E-state index contributed by atoms with van der Waals surface area (Å²) in [6.45, 7) is 0. The first-order valence-corrected chi connectivity index (χ1v) is 4.00. The summed E-state index contributed by atoms with van der Waals surface area (Å²) >= 11 is 0. The van der Waals surface area contributed by atoms with E-state index in [1.165, 1.54) is 7.11 Å². The standard InChI is InChI=1S/C10H13NO2.ClH/c1-12-9-5-3-8(4-6-9)7-10(11)13-2;/h3-6,11H,7H2,1-2H3;1H. The molecule has 0 aliphatic carbocycles. The SMILES string of the molecule is COC(=N)Cc1ccc(OC)cc1.Cl. The van der Waals surface area contributed by atoms with Gasteiger partial charge in [0.2, 0.25) is 0 Å². The van der Waals surface area contributed by atoms with Gasteiger partial charge < -0.3 is 9.47 Å². The van der Waals surface area contributed by atoms with Gasteiger partial charge in [0.15, 0.2) is 5.90 Å².